The first-order valence-corrected chi connectivity index (χ1v) is 7.60. The summed E-state index contributed by atoms with van der Waals surface area (Å²) < 4.78 is 5.45. The highest BCUT2D eigenvalue weighted by atomic mass is 16.5. The van der Waals surface area contributed by atoms with Crippen LogP contribution in [0.1, 0.15) is 32.6 Å². The van der Waals surface area contributed by atoms with Crippen LogP contribution in [0.15, 0.2) is 36.9 Å². The highest BCUT2D eigenvalue weighted by Crippen LogP contribution is 2.24. The maximum Gasteiger partial charge on any atom is 0.319 e. The van der Waals surface area contributed by atoms with Gasteiger partial charge in [-0.25, -0.2) is 4.79 Å². The molecule has 2 N–H and O–H groups in total. The van der Waals surface area contributed by atoms with Gasteiger partial charge in [-0.15, -0.1) is 0 Å². The third-order valence-corrected chi connectivity index (χ3v) is 3.89. The highest BCUT2D eigenvalue weighted by Gasteiger charge is 2.22. The summed E-state index contributed by atoms with van der Waals surface area (Å²) in [7, 11) is 0. The minimum Gasteiger partial charge on any atom is -0.489 e. The molecule has 2 amide bonds. The number of anilines is 1. The lowest BCUT2D eigenvalue weighted by Crippen LogP contribution is -2.43. The number of amides is 2. The number of hydrogen-bond acceptors (Lipinski definition) is 2. The van der Waals surface area contributed by atoms with E-state index in [0.717, 1.165) is 17.9 Å². The number of carbonyl (C=O) groups is 1. The van der Waals surface area contributed by atoms with Crippen LogP contribution in [-0.2, 0) is 0 Å². The summed E-state index contributed by atoms with van der Waals surface area (Å²) >= 11 is 0. The van der Waals surface area contributed by atoms with Gasteiger partial charge in [0, 0.05) is 17.8 Å². The van der Waals surface area contributed by atoms with E-state index in [4.69, 9.17) is 4.74 Å². The molecule has 1 aromatic carbocycles. The van der Waals surface area contributed by atoms with Crippen LogP contribution in [0.25, 0.3) is 0 Å². The van der Waals surface area contributed by atoms with Crippen LogP contribution in [0.5, 0.6) is 5.75 Å². The Labute approximate surface area is 126 Å². The van der Waals surface area contributed by atoms with Gasteiger partial charge in [0.25, 0.3) is 0 Å². The molecule has 0 aliphatic heterocycles. The Morgan fingerprint density at radius 1 is 1.43 bits per heavy atom. The van der Waals surface area contributed by atoms with Crippen molar-refractivity contribution in [2.24, 2.45) is 5.92 Å². The van der Waals surface area contributed by atoms with Gasteiger partial charge < -0.3 is 15.4 Å². The van der Waals surface area contributed by atoms with Crippen LogP contribution in [-0.4, -0.2) is 18.7 Å². The van der Waals surface area contributed by atoms with Crippen molar-refractivity contribution in [3.05, 3.63) is 36.9 Å². The Hall–Kier alpha value is -1.97. The number of ether oxygens (including phenoxy) is 1. The fourth-order valence-electron chi connectivity index (χ4n) is 2.69. The number of benzene rings is 1. The van der Waals surface area contributed by atoms with Crippen molar-refractivity contribution in [2.45, 2.75) is 38.6 Å². The Kier molecular flexibility index (Phi) is 5.67. The second-order valence-electron chi connectivity index (χ2n) is 5.59. The summed E-state index contributed by atoms with van der Waals surface area (Å²) in [4.78, 5) is 12.1. The molecule has 1 fully saturated rings. The van der Waals surface area contributed by atoms with E-state index in [1.54, 1.807) is 6.08 Å². The SMILES string of the molecule is C=CCOc1cccc(NC(=O)NC2CCCCC2C)c1. The highest BCUT2D eigenvalue weighted by molar-refractivity contribution is 5.89. The number of nitrogens with one attached hydrogen (secondary N) is 2. The van der Waals surface area contributed by atoms with Gasteiger partial charge in [0.05, 0.1) is 0 Å². The van der Waals surface area contributed by atoms with Crippen molar-refractivity contribution in [1.29, 1.82) is 0 Å². The van der Waals surface area contributed by atoms with Gasteiger partial charge in [-0.3, -0.25) is 0 Å². The van der Waals surface area contributed by atoms with Crippen molar-refractivity contribution in [3.63, 3.8) is 0 Å². The summed E-state index contributed by atoms with van der Waals surface area (Å²) in [6.45, 7) is 6.27. The zero-order valence-corrected chi connectivity index (χ0v) is 12.6. The second-order valence-corrected chi connectivity index (χ2v) is 5.59. The fraction of sp³-hybridized carbons (Fsp3) is 0.471. The summed E-state index contributed by atoms with van der Waals surface area (Å²) in [5.74, 6) is 1.27. The monoisotopic (exact) mass is 288 g/mol. The van der Waals surface area contributed by atoms with Crippen LogP contribution in [0.2, 0.25) is 0 Å². The molecule has 0 saturated heterocycles. The first-order chi connectivity index (χ1) is 10.2. The molecule has 4 heteroatoms. The first kappa shape index (κ1) is 15.4. The average molecular weight is 288 g/mol. The Balaban J connectivity index is 1.88. The van der Waals surface area contributed by atoms with E-state index in [-0.39, 0.29) is 12.1 Å². The van der Waals surface area contributed by atoms with Crippen LogP contribution < -0.4 is 15.4 Å². The third-order valence-electron chi connectivity index (χ3n) is 3.89. The molecule has 114 valence electrons. The van der Waals surface area contributed by atoms with Gasteiger partial charge in [0.2, 0.25) is 0 Å². The summed E-state index contributed by atoms with van der Waals surface area (Å²) in [5, 5.41) is 5.94. The quantitative estimate of drug-likeness (QED) is 0.806. The van der Waals surface area contributed by atoms with Crippen LogP contribution in [0.4, 0.5) is 10.5 Å². The molecule has 1 saturated carbocycles. The molecule has 0 heterocycles. The van der Waals surface area contributed by atoms with Gasteiger partial charge in [-0.2, -0.15) is 0 Å². The van der Waals surface area contributed by atoms with Gasteiger partial charge in [0.15, 0.2) is 0 Å². The normalized spacial score (nSPS) is 21.4. The number of rotatable bonds is 5. The van der Waals surface area contributed by atoms with Gasteiger partial charge in [0.1, 0.15) is 12.4 Å². The van der Waals surface area contributed by atoms with Crippen molar-refractivity contribution in [1.82, 2.24) is 5.32 Å². The lowest BCUT2D eigenvalue weighted by atomic mass is 9.86. The van der Waals surface area contributed by atoms with Crippen molar-refractivity contribution < 1.29 is 9.53 Å². The first-order valence-electron chi connectivity index (χ1n) is 7.60. The van der Waals surface area contributed by atoms with Crippen LogP contribution >= 0.6 is 0 Å². The lowest BCUT2D eigenvalue weighted by Gasteiger charge is -2.29. The number of urea groups is 1. The zero-order chi connectivity index (χ0) is 15.1. The second kappa shape index (κ2) is 7.72. The minimum absolute atomic E-state index is 0.144. The molecule has 0 radical (unpaired) electrons. The topological polar surface area (TPSA) is 50.4 Å². The maximum absolute atomic E-state index is 12.1. The van der Waals surface area contributed by atoms with Gasteiger partial charge >= 0.3 is 6.03 Å². The molecule has 2 rings (SSSR count). The number of carbonyl (C=O) groups excluding carboxylic acids is 1. The van der Waals surface area contributed by atoms with Crippen molar-refractivity contribution >= 4 is 11.7 Å². The molecule has 1 aromatic rings. The van der Waals surface area contributed by atoms with E-state index in [0.29, 0.717) is 12.5 Å². The molecule has 2 unspecified atom stereocenters. The van der Waals surface area contributed by atoms with E-state index in [2.05, 4.69) is 24.1 Å². The summed E-state index contributed by atoms with van der Waals surface area (Å²) in [6, 6.07) is 7.51. The fourth-order valence-corrected chi connectivity index (χ4v) is 2.69. The minimum atomic E-state index is -0.144. The van der Waals surface area contributed by atoms with E-state index in [1.807, 2.05) is 24.3 Å². The Bertz CT molecular complexity index is 487. The predicted molar refractivity (Wildman–Crippen MR) is 85.7 cm³/mol. The molecular formula is C17H24N2O2. The molecule has 21 heavy (non-hydrogen) atoms. The molecule has 2 atom stereocenters. The molecule has 4 nitrogen and oxygen atoms in total. The van der Waals surface area contributed by atoms with Crippen LogP contribution in [0.3, 0.4) is 0 Å². The lowest BCUT2D eigenvalue weighted by molar-refractivity contribution is 0.232. The molecular weight excluding hydrogens is 264 g/mol. The van der Waals surface area contributed by atoms with E-state index in [1.165, 1.54) is 19.3 Å². The van der Waals surface area contributed by atoms with E-state index >= 15 is 0 Å². The predicted octanol–water partition coefficient (Wildman–Crippen LogP) is 3.95. The zero-order valence-electron chi connectivity index (χ0n) is 12.6. The smallest absolute Gasteiger partial charge is 0.319 e. The Morgan fingerprint density at radius 2 is 2.24 bits per heavy atom. The largest absolute Gasteiger partial charge is 0.489 e. The molecule has 1 aliphatic carbocycles. The third kappa shape index (κ3) is 4.81. The molecule has 0 spiro atoms. The average Bonchev–Trinajstić information content (AvgIpc) is 2.48. The van der Waals surface area contributed by atoms with Gasteiger partial charge in [-0.05, 0) is 30.9 Å². The summed E-state index contributed by atoms with van der Waals surface area (Å²) in [5.41, 5.74) is 0.734. The summed E-state index contributed by atoms with van der Waals surface area (Å²) in [6.07, 6.45) is 6.41. The van der Waals surface area contributed by atoms with E-state index < -0.39 is 0 Å². The Morgan fingerprint density at radius 3 is 3.00 bits per heavy atom. The number of hydrogen-bond donors (Lipinski definition) is 2. The maximum atomic E-state index is 12.1. The standard InChI is InChI=1S/C17H24N2O2/c1-3-11-21-15-9-6-8-14(12-15)18-17(20)19-16-10-5-4-7-13(16)2/h3,6,8-9,12-13,16H,1,4-5,7,10-11H2,2H3,(H2,18,19,20). The molecule has 0 aromatic heterocycles. The van der Waals surface area contributed by atoms with E-state index in [9.17, 15) is 4.79 Å². The molecule has 1 aliphatic rings. The van der Waals surface area contributed by atoms with Crippen LogP contribution in [0, 0.1) is 5.92 Å². The molecule has 0 bridgehead atoms. The van der Waals surface area contributed by atoms with Gasteiger partial charge in [-0.1, -0.05) is 38.5 Å². The van der Waals surface area contributed by atoms with Crippen molar-refractivity contribution in [3.8, 4) is 5.75 Å². The van der Waals surface area contributed by atoms with Crippen molar-refractivity contribution in [2.75, 3.05) is 11.9 Å².